The second kappa shape index (κ2) is 10.2. The highest BCUT2D eigenvalue weighted by Gasteiger charge is 2.22. The highest BCUT2D eigenvalue weighted by atomic mass is 32.2. The Labute approximate surface area is 186 Å². The molecular weight excluding hydrogens is 432 g/mol. The van der Waals surface area contributed by atoms with Crippen LogP contribution in [0.15, 0.2) is 66.1 Å². The maximum atomic E-state index is 12.6. The number of amides is 2. The molecule has 0 saturated heterocycles. The monoisotopic (exact) mass is 456 g/mol. The molecule has 1 atom stereocenters. The summed E-state index contributed by atoms with van der Waals surface area (Å²) in [6.45, 7) is 3.64. The summed E-state index contributed by atoms with van der Waals surface area (Å²) in [5, 5.41) is 9.37. The van der Waals surface area contributed by atoms with Crippen molar-refractivity contribution < 1.29 is 18.0 Å². The summed E-state index contributed by atoms with van der Waals surface area (Å²) in [5.41, 5.74) is 2.35. The Morgan fingerprint density at radius 1 is 1.09 bits per heavy atom. The topological polar surface area (TPSA) is 135 Å². The number of aromatic nitrogens is 3. The fourth-order valence-electron chi connectivity index (χ4n) is 2.96. The first kappa shape index (κ1) is 23.1. The van der Waals surface area contributed by atoms with Crippen molar-refractivity contribution in [1.82, 2.24) is 24.8 Å². The third kappa shape index (κ3) is 6.46. The molecule has 1 heterocycles. The maximum absolute atomic E-state index is 12.6. The molecule has 0 fully saturated rings. The maximum Gasteiger partial charge on any atom is 0.241 e. The molecule has 3 N–H and O–H groups in total. The summed E-state index contributed by atoms with van der Waals surface area (Å²) in [4.78, 5) is 27.4. The quantitative estimate of drug-likeness (QED) is 0.444. The van der Waals surface area contributed by atoms with E-state index in [1.54, 1.807) is 11.0 Å². The number of hydrogen-bond donors (Lipinski definition) is 3. The van der Waals surface area contributed by atoms with Crippen LogP contribution < -0.4 is 15.4 Å². The van der Waals surface area contributed by atoms with Crippen LogP contribution in [-0.2, 0) is 32.7 Å². The molecule has 0 radical (unpaired) electrons. The van der Waals surface area contributed by atoms with E-state index in [-0.39, 0.29) is 17.3 Å². The van der Waals surface area contributed by atoms with Crippen LogP contribution in [0.2, 0.25) is 0 Å². The van der Waals surface area contributed by atoms with Gasteiger partial charge in [0.2, 0.25) is 21.8 Å². The summed E-state index contributed by atoms with van der Waals surface area (Å²) in [7, 11) is -3.91. The number of rotatable bonds is 9. The van der Waals surface area contributed by atoms with Crippen LogP contribution in [0, 0.1) is 0 Å². The number of hydrogen-bond acceptors (Lipinski definition) is 6. The van der Waals surface area contributed by atoms with E-state index in [1.165, 1.54) is 44.4 Å². The van der Waals surface area contributed by atoms with Crippen molar-refractivity contribution in [2.75, 3.05) is 5.32 Å². The summed E-state index contributed by atoms with van der Waals surface area (Å²) in [6, 6.07) is 12.3. The molecule has 0 bridgehead atoms. The molecule has 32 heavy (non-hydrogen) atoms. The van der Waals surface area contributed by atoms with Gasteiger partial charge in [-0.05, 0) is 42.3 Å². The van der Waals surface area contributed by atoms with Gasteiger partial charge in [-0.2, -0.15) is 9.82 Å². The molecule has 0 unspecified atom stereocenters. The minimum atomic E-state index is -3.91. The lowest BCUT2D eigenvalue weighted by molar-refractivity contribution is -0.122. The fraction of sp³-hybridized carbons (Fsp3) is 0.238. The van der Waals surface area contributed by atoms with Crippen molar-refractivity contribution in [3.05, 3.63) is 72.3 Å². The molecule has 2 amide bonds. The van der Waals surface area contributed by atoms with Crippen molar-refractivity contribution in [2.45, 2.75) is 37.9 Å². The lowest BCUT2D eigenvalue weighted by Crippen LogP contribution is -2.44. The molecule has 0 spiro atoms. The zero-order valence-electron chi connectivity index (χ0n) is 17.6. The molecule has 2 aromatic carbocycles. The lowest BCUT2D eigenvalue weighted by Gasteiger charge is -2.15. The molecular formula is C21H24N6O4S. The number of sulfonamides is 1. The average Bonchev–Trinajstić information content (AvgIpc) is 3.25. The van der Waals surface area contributed by atoms with Crippen LogP contribution >= 0.6 is 0 Å². The van der Waals surface area contributed by atoms with Gasteiger partial charge in [-0.3, -0.25) is 9.59 Å². The summed E-state index contributed by atoms with van der Waals surface area (Å²) in [5.74, 6) is -0.710. The standard InChI is InChI=1S/C21H24N6O4S/c1-15(26-32(30,31)20-8-6-19(7-9-20)25-16(2)28)21(29)23-11-17-4-3-5-18(10-17)12-27-14-22-13-24-27/h3-10,13-15,26H,11-12H2,1-2H3,(H,23,29)(H,25,28)/t15-/m0/s1. The van der Waals surface area contributed by atoms with E-state index in [1.807, 2.05) is 24.3 Å². The van der Waals surface area contributed by atoms with E-state index in [2.05, 4.69) is 25.4 Å². The first-order valence-electron chi connectivity index (χ1n) is 9.81. The normalized spacial score (nSPS) is 12.2. The molecule has 168 valence electrons. The average molecular weight is 457 g/mol. The molecule has 3 aromatic rings. The van der Waals surface area contributed by atoms with Gasteiger partial charge >= 0.3 is 0 Å². The van der Waals surface area contributed by atoms with Crippen molar-refractivity contribution >= 4 is 27.5 Å². The first-order chi connectivity index (χ1) is 15.2. The van der Waals surface area contributed by atoms with Gasteiger partial charge in [-0.15, -0.1) is 0 Å². The second-order valence-electron chi connectivity index (χ2n) is 7.18. The zero-order valence-corrected chi connectivity index (χ0v) is 18.5. The van der Waals surface area contributed by atoms with E-state index in [0.717, 1.165) is 11.1 Å². The second-order valence-corrected chi connectivity index (χ2v) is 8.89. The van der Waals surface area contributed by atoms with E-state index in [0.29, 0.717) is 12.2 Å². The van der Waals surface area contributed by atoms with Crippen LogP contribution in [0.5, 0.6) is 0 Å². The van der Waals surface area contributed by atoms with Crippen LogP contribution in [0.1, 0.15) is 25.0 Å². The van der Waals surface area contributed by atoms with Gasteiger partial charge in [-0.1, -0.05) is 24.3 Å². The van der Waals surface area contributed by atoms with Gasteiger partial charge in [-0.25, -0.2) is 18.1 Å². The Kier molecular flexibility index (Phi) is 7.33. The molecule has 3 rings (SSSR count). The Hall–Kier alpha value is -3.57. The van der Waals surface area contributed by atoms with Crippen molar-refractivity contribution in [1.29, 1.82) is 0 Å². The SMILES string of the molecule is CC(=O)Nc1ccc(S(=O)(=O)N[C@@H](C)C(=O)NCc2cccc(Cn3cncn3)c2)cc1. The summed E-state index contributed by atoms with van der Waals surface area (Å²) in [6.07, 6.45) is 3.08. The molecule has 0 aliphatic heterocycles. The van der Waals surface area contributed by atoms with E-state index in [9.17, 15) is 18.0 Å². The van der Waals surface area contributed by atoms with Crippen LogP contribution in [0.4, 0.5) is 5.69 Å². The molecule has 10 nitrogen and oxygen atoms in total. The predicted molar refractivity (Wildman–Crippen MR) is 118 cm³/mol. The number of carbonyl (C=O) groups is 2. The Morgan fingerprint density at radius 3 is 2.47 bits per heavy atom. The molecule has 11 heteroatoms. The van der Waals surface area contributed by atoms with Crippen LogP contribution in [0.25, 0.3) is 0 Å². The lowest BCUT2D eigenvalue weighted by atomic mass is 10.1. The third-order valence-corrected chi connectivity index (χ3v) is 6.04. The summed E-state index contributed by atoms with van der Waals surface area (Å²) < 4.78 is 29.2. The van der Waals surface area contributed by atoms with E-state index >= 15 is 0 Å². The number of benzene rings is 2. The fourth-order valence-corrected chi connectivity index (χ4v) is 4.16. The van der Waals surface area contributed by atoms with Gasteiger partial charge in [0, 0.05) is 19.2 Å². The van der Waals surface area contributed by atoms with Crippen LogP contribution in [-0.4, -0.2) is 41.0 Å². The van der Waals surface area contributed by atoms with Crippen molar-refractivity contribution in [3.8, 4) is 0 Å². The smallest absolute Gasteiger partial charge is 0.241 e. The Morgan fingerprint density at radius 2 is 1.81 bits per heavy atom. The van der Waals surface area contributed by atoms with E-state index in [4.69, 9.17) is 0 Å². The van der Waals surface area contributed by atoms with Crippen molar-refractivity contribution in [2.24, 2.45) is 0 Å². The third-order valence-electron chi connectivity index (χ3n) is 4.48. The molecule has 1 aromatic heterocycles. The van der Waals surface area contributed by atoms with Gasteiger partial charge in [0.05, 0.1) is 17.5 Å². The van der Waals surface area contributed by atoms with E-state index < -0.39 is 22.0 Å². The number of carbonyl (C=O) groups excluding carboxylic acids is 2. The Balaban J connectivity index is 1.55. The highest BCUT2D eigenvalue weighted by Crippen LogP contribution is 2.14. The minimum absolute atomic E-state index is 0.00735. The summed E-state index contributed by atoms with van der Waals surface area (Å²) >= 11 is 0. The zero-order chi connectivity index (χ0) is 23.1. The largest absolute Gasteiger partial charge is 0.351 e. The van der Waals surface area contributed by atoms with Gasteiger partial charge < -0.3 is 10.6 Å². The molecule has 0 aliphatic carbocycles. The molecule has 0 saturated carbocycles. The molecule has 0 aliphatic rings. The van der Waals surface area contributed by atoms with Gasteiger partial charge in [0.25, 0.3) is 0 Å². The first-order valence-corrected chi connectivity index (χ1v) is 11.3. The predicted octanol–water partition coefficient (Wildman–Crippen LogP) is 1.27. The van der Waals surface area contributed by atoms with Crippen LogP contribution in [0.3, 0.4) is 0 Å². The number of anilines is 1. The number of nitrogens with one attached hydrogen (secondary N) is 3. The highest BCUT2D eigenvalue weighted by molar-refractivity contribution is 7.89. The number of nitrogens with zero attached hydrogens (tertiary/aromatic N) is 3. The van der Waals surface area contributed by atoms with Crippen molar-refractivity contribution in [3.63, 3.8) is 0 Å². The Bertz CT molecular complexity index is 1180. The van der Waals surface area contributed by atoms with Gasteiger partial charge in [0.15, 0.2) is 0 Å². The van der Waals surface area contributed by atoms with Gasteiger partial charge in [0.1, 0.15) is 12.7 Å². The minimum Gasteiger partial charge on any atom is -0.351 e.